The van der Waals surface area contributed by atoms with Gasteiger partial charge in [-0.15, -0.1) is 0 Å². The lowest BCUT2D eigenvalue weighted by Crippen LogP contribution is -2.49. The van der Waals surface area contributed by atoms with Crippen LogP contribution in [0.5, 0.6) is 0 Å². The Kier molecular flexibility index (Phi) is 8.97. The maximum atomic E-state index is 13.4. The molecule has 0 unspecified atom stereocenters. The standard InChI is InChI=1S/C21H30ClF3N2O6S2/c1-5-8-20(14-26-35(31,32)21(23,24)25)9-11-27(12-10-20)34(29,30)17-7-6-15(22)13-16(17)18(28)33-19(2,3)4/h6-7,13,26H,5,8-12,14H2,1-4H3. The summed E-state index contributed by atoms with van der Waals surface area (Å²) in [6, 6.07) is 3.75. The molecule has 35 heavy (non-hydrogen) atoms. The van der Waals surface area contributed by atoms with Crippen molar-refractivity contribution >= 4 is 37.6 Å². The first-order chi connectivity index (χ1) is 15.8. The number of halogens is 4. The van der Waals surface area contributed by atoms with Gasteiger partial charge >= 0.3 is 21.5 Å². The van der Waals surface area contributed by atoms with E-state index < -0.39 is 49.1 Å². The molecule has 0 radical (unpaired) electrons. The number of hydrogen-bond donors (Lipinski definition) is 1. The topological polar surface area (TPSA) is 110 Å². The van der Waals surface area contributed by atoms with Crippen molar-refractivity contribution in [3.63, 3.8) is 0 Å². The van der Waals surface area contributed by atoms with Crippen LogP contribution in [0.4, 0.5) is 13.2 Å². The highest BCUT2D eigenvalue weighted by Gasteiger charge is 2.47. The van der Waals surface area contributed by atoms with Gasteiger partial charge in [0.15, 0.2) is 0 Å². The minimum atomic E-state index is -5.52. The zero-order chi connectivity index (χ0) is 26.9. The van der Waals surface area contributed by atoms with Gasteiger partial charge in [0.1, 0.15) is 5.60 Å². The van der Waals surface area contributed by atoms with Gasteiger partial charge in [-0.05, 0) is 63.6 Å². The monoisotopic (exact) mass is 562 g/mol. The van der Waals surface area contributed by atoms with Crippen LogP contribution >= 0.6 is 11.6 Å². The number of carbonyl (C=O) groups excluding carboxylic acids is 1. The summed E-state index contributed by atoms with van der Waals surface area (Å²) < 4.78 is 96.2. The molecule has 0 aliphatic carbocycles. The average molecular weight is 563 g/mol. The van der Waals surface area contributed by atoms with Gasteiger partial charge in [0.25, 0.3) is 0 Å². The van der Waals surface area contributed by atoms with E-state index in [0.29, 0.717) is 12.8 Å². The molecule has 1 heterocycles. The number of nitrogens with zero attached hydrogens (tertiary/aromatic N) is 1. The highest BCUT2D eigenvalue weighted by molar-refractivity contribution is 7.90. The normalized spacial score (nSPS) is 17.8. The summed E-state index contributed by atoms with van der Waals surface area (Å²) in [6.45, 7) is 6.13. The van der Waals surface area contributed by atoms with Crippen molar-refractivity contribution in [1.29, 1.82) is 0 Å². The number of hydrogen-bond acceptors (Lipinski definition) is 6. The minimum absolute atomic E-state index is 0.0630. The van der Waals surface area contributed by atoms with E-state index in [1.54, 1.807) is 25.5 Å². The van der Waals surface area contributed by atoms with Crippen LogP contribution in [0.15, 0.2) is 23.1 Å². The van der Waals surface area contributed by atoms with Gasteiger partial charge in [0, 0.05) is 24.7 Å². The second-order valence-electron chi connectivity index (χ2n) is 9.57. The maximum absolute atomic E-state index is 13.4. The summed E-state index contributed by atoms with van der Waals surface area (Å²) in [5, 5.41) is 0.141. The van der Waals surface area contributed by atoms with Crippen LogP contribution in [0.3, 0.4) is 0 Å². The molecule has 200 valence electrons. The van der Waals surface area contributed by atoms with Crippen LogP contribution in [0.2, 0.25) is 5.02 Å². The fraction of sp³-hybridized carbons (Fsp3) is 0.667. The minimum Gasteiger partial charge on any atom is -0.456 e. The number of ether oxygens (including phenoxy) is 1. The fourth-order valence-electron chi connectivity index (χ4n) is 3.94. The number of benzene rings is 1. The summed E-state index contributed by atoms with van der Waals surface area (Å²) in [5.41, 5.74) is -7.38. The number of carbonyl (C=O) groups is 1. The van der Waals surface area contributed by atoms with Gasteiger partial charge in [-0.3, -0.25) is 0 Å². The molecule has 8 nitrogen and oxygen atoms in total. The summed E-state index contributed by atoms with van der Waals surface area (Å²) in [7, 11) is -9.71. The maximum Gasteiger partial charge on any atom is 0.511 e. The molecule has 1 aliphatic rings. The molecule has 0 bridgehead atoms. The van der Waals surface area contributed by atoms with Crippen molar-refractivity contribution < 1.29 is 39.5 Å². The van der Waals surface area contributed by atoms with Gasteiger partial charge in [-0.2, -0.15) is 17.5 Å². The first-order valence-corrected chi connectivity index (χ1v) is 14.2. The van der Waals surface area contributed by atoms with Gasteiger partial charge in [0.2, 0.25) is 10.0 Å². The van der Waals surface area contributed by atoms with Gasteiger partial charge in [0.05, 0.1) is 10.5 Å². The number of alkyl halides is 3. The quantitative estimate of drug-likeness (QED) is 0.473. The zero-order valence-electron chi connectivity index (χ0n) is 19.9. The van der Waals surface area contributed by atoms with E-state index in [-0.39, 0.29) is 41.4 Å². The second-order valence-corrected chi connectivity index (χ2v) is 13.7. The lowest BCUT2D eigenvalue weighted by molar-refractivity contribution is -0.0451. The van der Waals surface area contributed by atoms with E-state index in [4.69, 9.17) is 16.3 Å². The molecule has 14 heteroatoms. The predicted octanol–water partition coefficient (Wildman–Crippen LogP) is 4.31. The van der Waals surface area contributed by atoms with Crippen molar-refractivity contribution in [3.05, 3.63) is 28.8 Å². The predicted molar refractivity (Wildman–Crippen MR) is 125 cm³/mol. The van der Waals surface area contributed by atoms with E-state index >= 15 is 0 Å². The zero-order valence-corrected chi connectivity index (χ0v) is 22.3. The van der Waals surface area contributed by atoms with E-state index in [1.807, 2.05) is 6.92 Å². The molecule has 1 saturated heterocycles. The molecule has 1 aromatic rings. The van der Waals surface area contributed by atoms with Crippen molar-refractivity contribution in [2.45, 2.75) is 69.4 Å². The summed E-state index contributed by atoms with van der Waals surface area (Å²) >= 11 is 5.99. The Labute approximate surface area is 209 Å². The van der Waals surface area contributed by atoms with Crippen molar-refractivity contribution in [1.82, 2.24) is 9.03 Å². The Balaban J connectivity index is 2.28. The van der Waals surface area contributed by atoms with Crippen LogP contribution in [-0.4, -0.2) is 57.9 Å². The van der Waals surface area contributed by atoms with Crippen LogP contribution in [0.25, 0.3) is 0 Å². The van der Waals surface area contributed by atoms with Crippen LogP contribution < -0.4 is 4.72 Å². The van der Waals surface area contributed by atoms with E-state index in [0.717, 1.165) is 4.31 Å². The molecular formula is C21H30ClF3N2O6S2. The Morgan fingerprint density at radius 2 is 1.71 bits per heavy atom. The average Bonchev–Trinajstić information content (AvgIpc) is 2.71. The largest absolute Gasteiger partial charge is 0.511 e. The SMILES string of the molecule is CCCC1(CNS(=O)(=O)C(F)(F)F)CCN(S(=O)(=O)c2ccc(Cl)cc2C(=O)OC(C)(C)C)CC1. The molecule has 1 fully saturated rings. The van der Waals surface area contributed by atoms with Crippen LogP contribution in [0.1, 0.15) is 63.7 Å². The van der Waals surface area contributed by atoms with Crippen molar-refractivity contribution in [3.8, 4) is 0 Å². The number of piperidine rings is 1. The third-order valence-corrected chi connectivity index (χ3v) is 9.01. The molecule has 0 saturated carbocycles. The number of rotatable bonds is 8. The summed E-state index contributed by atoms with van der Waals surface area (Å²) in [5.74, 6) is -0.863. The van der Waals surface area contributed by atoms with Crippen molar-refractivity contribution in [2.24, 2.45) is 5.41 Å². The molecule has 1 N–H and O–H groups in total. The number of esters is 1. The molecule has 1 aliphatic heterocycles. The lowest BCUT2D eigenvalue weighted by atomic mass is 9.75. The Morgan fingerprint density at radius 3 is 2.20 bits per heavy atom. The molecule has 0 amide bonds. The Hall–Kier alpha value is -1.41. The first-order valence-electron chi connectivity index (χ1n) is 10.9. The highest BCUT2D eigenvalue weighted by atomic mass is 35.5. The van der Waals surface area contributed by atoms with E-state index in [1.165, 1.54) is 18.2 Å². The number of sulfonamides is 2. The Morgan fingerprint density at radius 1 is 1.14 bits per heavy atom. The van der Waals surface area contributed by atoms with E-state index in [2.05, 4.69) is 0 Å². The first kappa shape index (κ1) is 29.8. The van der Waals surface area contributed by atoms with Gasteiger partial charge < -0.3 is 4.74 Å². The third kappa shape index (κ3) is 7.31. The number of nitrogens with one attached hydrogen (secondary N) is 1. The fourth-order valence-corrected chi connectivity index (χ4v) is 6.37. The molecule has 0 aromatic heterocycles. The van der Waals surface area contributed by atoms with Gasteiger partial charge in [-0.25, -0.2) is 26.4 Å². The third-order valence-electron chi connectivity index (χ3n) is 5.68. The highest BCUT2D eigenvalue weighted by Crippen LogP contribution is 2.38. The Bertz CT molecular complexity index is 1140. The molecule has 0 spiro atoms. The summed E-state index contributed by atoms with van der Waals surface area (Å²) in [4.78, 5) is 12.4. The molecule has 1 aromatic carbocycles. The second kappa shape index (κ2) is 10.5. The van der Waals surface area contributed by atoms with Gasteiger partial charge in [-0.1, -0.05) is 24.9 Å². The smallest absolute Gasteiger partial charge is 0.456 e. The molecule has 0 atom stereocenters. The molecular weight excluding hydrogens is 533 g/mol. The molecule has 2 rings (SSSR count). The van der Waals surface area contributed by atoms with Crippen LogP contribution in [-0.2, 0) is 24.8 Å². The summed E-state index contributed by atoms with van der Waals surface area (Å²) in [6.07, 6.45) is 1.25. The lowest BCUT2D eigenvalue weighted by Gasteiger charge is -2.41. The van der Waals surface area contributed by atoms with Crippen molar-refractivity contribution in [2.75, 3.05) is 19.6 Å². The van der Waals surface area contributed by atoms with E-state index in [9.17, 15) is 34.8 Å². The van der Waals surface area contributed by atoms with Crippen LogP contribution in [0, 0.1) is 5.41 Å².